The number of rotatable bonds is 6. The van der Waals surface area contributed by atoms with Crippen LogP contribution < -0.4 is 4.74 Å². The molecule has 1 heterocycles. The summed E-state index contributed by atoms with van der Waals surface area (Å²) >= 11 is 12.9. The SMILES string of the molecule is COc1ccc(Cl)cc1-c1nnc(S/C(=C\c2ccccc2Cl)C(=O)O)o1. The maximum absolute atomic E-state index is 11.6. The van der Waals surface area contributed by atoms with Crippen LogP contribution in [-0.2, 0) is 4.79 Å². The van der Waals surface area contributed by atoms with Gasteiger partial charge in [-0.05, 0) is 47.7 Å². The van der Waals surface area contributed by atoms with E-state index in [-0.39, 0.29) is 16.0 Å². The van der Waals surface area contributed by atoms with Crippen molar-refractivity contribution in [2.45, 2.75) is 5.22 Å². The van der Waals surface area contributed by atoms with E-state index in [1.165, 1.54) is 13.2 Å². The molecule has 9 heteroatoms. The quantitative estimate of drug-likeness (QED) is 0.427. The summed E-state index contributed by atoms with van der Waals surface area (Å²) in [7, 11) is 1.51. The van der Waals surface area contributed by atoms with Crippen LogP contribution in [0.5, 0.6) is 5.75 Å². The zero-order chi connectivity index (χ0) is 19.4. The van der Waals surface area contributed by atoms with Gasteiger partial charge in [0.15, 0.2) is 0 Å². The van der Waals surface area contributed by atoms with Crippen molar-refractivity contribution in [3.05, 3.63) is 63.0 Å². The Kier molecular flexibility index (Phi) is 6.05. The fourth-order valence-corrected chi connectivity index (χ4v) is 3.20. The fraction of sp³-hybridized carbons (Fsp3) is 0.0556. The van der Waals surface area contributed by atoms with E-state index in [1.54, 1.807) is 42.5 Å². The molecule has 0 bridgehead atoms. The molecular formula is C18H12Cl2N2O4S. The highest BCUT2D eigenvalue weighted by atomic mass is 35.5. The minimum Gasteiger partial charge on any atom is -0.496 e. The number of halogens is 2. The van der Waals surface area contributed by atoms with Crippen molar-refractivity contribution in [3.8, 4) is 17.2 Å². The summed E-state index contributed by atoms with van der Waals surface area (Å²) in [6.45, 7) is 0. The molecule has 27 heavy (non-hydrogen) atoms. The van der Waals surface area contributed by atoms with Gasteiger partial charge in [0.25, 0.3) is 11.1 Å². The minimum absolute atomic E-state index is 0.0173. The number of benzene rings is 2. The predicted molar refractivity (Wildman–Crippen MR) is 104 cm³/mol. The third-order valence-corrected chi connectivity index (χ3v) is 4.83. The average molecular weight is 423 g/mol. The Morgan fingerprint density at radius 3 is 2.70 bits per heavy atom. The molecule has 1 N–H and O–H groups in total. The molecule has 0 aliphatic heterocycles. The van der Waals surface area contributed by atoms with Gasteiger partial charge >= 0.3 is 5.97 Å². The van der Waals surface area contributed by atoms with Gasteiger partial charge in [0.05, 0.1) is 12.7 Å². The maximum atomic E-state index is 11.6. The highest BCUT2D eigenvalue weighted by molar-refractivity contribution is 8.03. The van der Waals surface area contributed by atoms with Crippen molar-refractivity contribution in [2.24, 2.45) is 0 Å². The second kappa shape index (κ2) is 8.47. The molecule has 0 saturated heterocycles. The first-order valence-electron chi connectivity index (χ1n) is 7.52. The molecule has 0 fully saturated rings. The summed E-state index contributed by atoms with van der Waals surface area (Å²) in [5.74, 6) is -0.469. The molecule has 0 saturated carbocycles. The molecule has 2 aromatic carbocycles. The number of hydrogen-bond acceptors (Lipinski definition) is 6. The number of aliphatic carboxylic acids is 1. The summed E-state index contributed by atoms with van der Waals surface area (Å²) in [5.41, 5.74) is 1.08. The van der Waals surface area contributed by atoms with Crippen molar-refractivity contribution in [1.82, 2.24) is 10.2 Å². The summed E-state index contributed by atoms with van der Waals surface area (Å²) < 4.78 is 10.8. The molecule has 0 aliphatic carbocycles. The molecule has 0 amide bonds. The van der Waals surface area contributed by atoms with E-state index in [9.17, 15) is 9.90 Å². The number of carbonyl (C=O) groups is 1. The normalized spacial score (nSPS) is 11.4. The Morgan fingerprint density at radius 2 is 2.00 bits per heavy atom. The number of ether oxygens (including phenoxy) is 1. The van der Waals surface area contributed by atoms with E-state index in [0.717, 1.165) is 11.8 Å². The van der Waals surface area contributed by atoms with Gasteiger partial charge < -0.3 is 14.3 Å². The van der Waals surface area contributed by atoms with Crippen LogP contribution in [0.4, 0.5) is 0 Å². The second-order valence-corrected chi connectivity index (χ2v) is 6.99. The van der Waals surface area contributed by atoms with Crippen LogP contribution in [0.15, 0.2) is 57.0 Å². The number of aromatic nitrogens is 2. The van der Waals surface area contributed by atoms with Crippen molar-refractivity contribution in [1.29, 1.82) is 0 Å². The number of methoxy groups -OCH3 is 1. The maximum Gasteiger partial charge on any atom is 0.342 e. The lowest BCUT2D eigenvalue weighted by Gasteiger charge is -2.04. The molecule has 6 nitrogen and oxygen atoms in total. The lowest BCUT2D eigenvalue weighted by Crippen LogP contribution is -1.97. The number of carboxylic acid groups (broad SMARTS) is 1. The summed E-state index contributed by atoms with van der Waals surface area (Å²) in [4.78, 5) is 11.6. The van der Waals surface area contributed by atoms with E-state index >= 15 is 0 Å². The number of hydrogen-bond donors (Lipinski definition) is 1. The van der Waals surface area contributed by atoms with E-state index in [4.69, 9.17) is 32.4 Å². The average Bonchev–Trinajstić information content (AvgIpc) is 3.11. The zero-order valence-corrected chi connectivity index (χ0v) is 16.2. The fourth-order valence-electron chi connectivity index (χ4n) is 2.17. The zero-order valence-electron chi connectivity index (χ0n) is 13.8. The second-order valence-electron chi connectivity index (χ2n) is 5.16. The highest BCUT2D eigenvalue weighted by Gasteiger charge is 2.18. The molecular weight excluding hydrogens is 411 g/mol. The summed E-state index contributed by atoms with van der Waals surface area (Å²) in [6.07, 6.45) is 1.44. The van der Waals surface area contributed by atoms with Gasteiger partial charge in [0.1, 0.15) is 10.7 Å². The smallest absolute Gasteiger partial charge is 0.342 e. The van der Waals surface area contributed by atoms with Crippen LogP contribution in [0, 0.1) is 0 Å². The van der Waals surface area contributed by atoms with Gasteiger partial charge in [-0.15, -0.1) is 10.2 Å². The first kappa shape index (κ1) is 19.3. The van der Waals surface area contributed by atoms with Crippen molar-refractivity contribution >= 4 is 47.0 Å². The Morgan fingerprint density at radius 1 is 1.22 bits per heavy atom. The van der Waals surface area contributed by atoms with Crippen molar-refractivity contribution < 1.29 is 19.1 Å². The van der Waals surface area contributed by atoms with Crippen LogP contribution in [0.2, 0.25) is 10.0 Å². The molecule has 138 valence electrons. The molecule has 1 aromatic heterocycles. The van der Waals surface area contributed by atoms with Crippen LogP contribution in [-0.4, -0.2) is 28.4 Å². The third kappa shape index (κ3) is 4.63. The van der Waals surface area contributed by atoms with Gasteiger partial charge in [-0.25, -0.2) is 4.79 Å². The summed E-state index contributed by atoms with van der Waals surface area (Å²) in [5, 5.41) is 18.3. The molecule has 0 unspecified atom stereocenters. The first-order valence-corrected chi connectivity index (χ1v) is 9.10. The number of carboxylic acids is 1. The molecule has 0 atom stereocenters. The lowest BCUT2D eigenvalue weighted by molar-refractivity contribution is -0.131. The molecule has 3 rings (SSSR count). The minimum atomic E-state index is -1.14. The monoisotopic (exact) mass is 422 g/mol. The Hall–Kier alpha value is -2.48. The Bertz CT molecular complexity index is 1020. The lowest BCUT2D eigenvalue weighted by atomic mass is 10.2. The summed E-state index contributed by atoms with van der Waals surface area (Å²) in [6, 6.07) is 11.9. The topological polar surface area (TPSA) is 85.5 Å². The number of thioether (sulfide) groups is 1. The van der Waals surface area contributed by atoms with Crippen LogP contribution in [0.25, 0.3) is 17.5 Å². The van der Waals surface area contributed by atoms with E-state index in [0.29, 0.717) is 26.9 Å². The van der Waals surface area contributed by atoms with Crippen LogP contribution in [0.3, 0.4) is 0 Å². The van der Waals surface area contributed by atoms with Gasteiger partial charge in [0.2, 0.25) is 0 Å². The van der Waals surface area contributed by atoms with Gasteiger partial charge in [0, 0.05) is 10.0 Å². The first-order chi connectivity index (χ1) is 13.0. The van der Waals surface area contributed by atoms with E-state index in [1.807, 2.05) is 0 Å². The Labute approximate surface area is 168 Å². The highest BCUT2D eigenvalue weighted by Crippen LogP contribution is 2.35. The Balaban J connectivity index is 1.91. The number of nitrogens with zero attached hydrogens (tertiary/aromatic N) is 2. The van der Waals surface area contributed by atoms with E-state index < -0.39 is 5.97 Å². The van der Waals surface area contributed by atoms with Crippen molar-refractivity contribution in [3.63, 3.8) is 0 Å². The van der Waals surface area contributed by atoms with E-state index in [2.05, 4.69) is 10.2 Å². The predicted octanol–water partition coefficient (Wildman–Crippen LogP) is 5.27. The van der Waals surface area contributed by atoms with Crippen molar-refractivity contribution in [2.75, 3.05) is 7.11 Å². The molecule has 3 aromatic rings. The van der Waals surface area contributed by atoms with Gasteiger partial charge in [-0.2, -0.15) is 0 Å². The van der Waals surface area contributed by atoms with Crippen LogP contribution >= 0.6 is 35.0 Å². The molecule has 0 aliphatic rings. The molecule has 0 spiro atoms. The van der Waals surface area contributed by atoms with Crippen LogP contribution in [0.1, 0.15) is 5.56 Å². The standard InChI is InChI=1S/C18H12Cl2N2O4S/c1-25-14-7-6-11(19)9-12(14)16-21-22-18(26-16)27-15(17(23)24)8-10-4-2-3-5-13(10)20/h2-9H,1H3,(H,23,24)/b15-8-. The molecule has 0 radical (unpaired) electrons. The van der Waals surface area contributed by atoms with Gasteiger partial charge in [-0.3, -0.25) is 0 Å². The van der Waals surface area contributed by atoms with Gasteiger partial charge in [-0.1, -0.05) is 41.4 Å². The third-order valence-electron chi connectivity index (χ3n) is 3.40. The largest absolute Gasteiger partial charge is 0.496 e.